The van der Waals surface area contributed by atoms with Gasteiger partial charge in [0.05, 0.1) is 6.07 Å². The molecule has 32 heavy (non-hydrogen) atoms. The first-order chi connectivity index (χ1) is 15.2. The van der Waals surface area contributed by atoms with E-state index < -0.39 is 0 Å². The van der Waals surface area contributed by atoms with E-state index in [4.69, 9.17) is 5.73 Å². The molecule has 174 valence electrons. The first kappa shape index (κ1) is 27.5. The third-order valence-electron chi connectivity index (χ3n) is 6.53. The molecule has 0 saturated carbocycles. The van der Waals surface area contributed by atoms with Crippen LogP contribution in [0.1, 0.15) is 97.3 Å². The Morgan fingerprint density at radius 3 is 2.19 bits per heavy atom. The summed E-state index contributed by atoms with van der Waals surface area (Å²) in [5.41, 5.74) is 16.9. The monoisotopic (exact) mass is 432 g/mol. The number of unbranched alkanes of at least 4 members (excludes halogenated alkanes) is 2. The lowest BCUT2D eigenvalue weighted by atomic mass is 9.85. The molecule has 0 saturated heterocycles. The fraction of sp³-hybridized carbons (Fsp3) is 0.500. The Hall–Kier alpha value is -2.53. The second-order valence-electron chi connectivity index (χ2n) is 9.03. The van der Waals surface area contributed by atoms with Crippen molar-refractivity contribution in [2.24, 2.45) is 11.7 Å². The van der Waals surface area contributed by atoms with Gasteiger partial charge in [-0.05, 0) is 86.6 Å². The minimum Gasteiger partial charge on any atom is -0.398 e. The second kappa shape index (κ2) is 13.8. The van der Waals surface area contributed by atoms with E-state index in [0.717, 1.165) is 53.7 Å². The SMILES string of the molecule is C=C(CCCCC)CC(C)C(/C=C(C)/C(C)=C(\C)C#N)=C(\N)c1c(CC)cccc1CC. The average molecular weight is 433 g/mol. The highest BCUT2D eigenvalue weighted by atomic mass is 14.6. The van der Waals surface area contributed by atoms with Crippen LogP contribution in [0.4, 0.5) is 0 Å². The lowest BCUT2D eigenvalue weighted by Gasteiger charge is -2.22. The van der Waals surface area contributed by atoms with Crippen LogP contribution in [0.5, 0.6) is 0 Å². The molecule has 1 atom stereocenters. The lowest BCUT2D eigenvalue weighted by Crippen LogP contribution is -2.12. The molecule has 2 N–H and O–H groups in total. The van der Waals surface area contributed by atoms with E-state index in [9.17, 15) is 5.26 Å². The van der Waals surface area contributed by atoms with Gasteiger partial charge in [-0.1, -0.05) is 77.0 Å². The Labute approximate surface area is 197 Å². The van der Waals surface area contributed by atoms with Crippen LogP contribution in [0.15, 0.2) is 58.7 Å². The Morgan fingerprint density at radius 1 is 1.09 bits per heavy atom. The summed E-state index contributed by atoms with van der Waals surface area (Å²) in [6.45, 7) is 19.2. The largest absolute Gasteiger partial charge is 0.398 e. The van der Waals surface area contributed by atoms with Crippen LogP contribution in [-0.2, 0) is 12.8 Å². The molecule has 0 aliphatic rings. The van der Waals surface area contributed by atoms with Gasteiger partial charge in [0.25, 0.3) is 0 Å². The minimum atomic E-state index is 0.254. The molecule has 0 bridgehead atoms. The molecule has 0 amide bonds. The van der Waals surface area contributed by atoms with Gasteiger partial charge in [-0.3, -0.25) is 0 Å². The molecule has 0 aromatic heterocycles. The smallest absolute Gasteiger partial charge is 0.0946 e. The topological polar surface area (TPSA) is 49.8 Å². The fourth-order valence-electron chi connectivity index (χ4n) is 4.21. The predicted molar refractivity (Wildman–Crippen MR) is 141 cm³/mol. The highest BCUT2D eigenvalue weighted by Crippen LogP contribution is 2.32. The lowest BCUT2D eigenvalue weighted by molar-refractivity contribution is 0.636. The standard InChI is InChI=1S/C30H44N2/c1-9-12-13-15-21(4)18-23(6)28(19-22(5)25(8)24(7)20-31)30(32)29-26(10-2)16-14-17-27(29)11-3/h14,16-17,19,23H,4,9-13,15,18,32H2,1-3,5-8H3/b22-19+,25-24+,30-28-. The number of allylic oxidation sites excluding steroid dienone is 6. The number of hydrogen-bond acceptors (Lipinski definition) is 2. The van der Waals surface area contributed by atoms with Gasteiger partial charge >= 0.3 is 0 Å². The molecule has 0 fully saturated rings. The van der Waals surface area contributed by atoms with Crippen molar-refractivity contribution in [3.8, 4) is 6.07 Å². The summed E-state index contributed by atoms with van der Waals surface area (Å²) in [6, 6.07) is 8.80. The highest BCUT2D eigenvalue weighted by molar-refractivity contribution is 5.74. The summed E-state index contributed by atoms with van der Waals surface area (Å²) in [7, 11) is 0. The minimum absolute atomic E-state index is 0.254. The summed E-state index contributed by atoms with van der Waals surface area (Å²) in [5, 5.41) is 9.36. The van der Waals surface area contributed by atoms with Crippen LogP contribution >= 0.6 is 0 Å². The number of nitrogens with two attached hydrogens (primary N) is 1. The Kier molecular flexibility index (Phi) is 11.9. The Balaban J connectivity index is 3.60. The van der Waals surface area contributed by atoms with Gasteiger partial charge in [-0.2, -0.15) is 5.26 Å². The molecule has 0 aliphatic carbocycles. The normalized spacial score (nSPS) is 14.4. The van der Waals surface area contributed by atoms with Crippen molar-refractivity contribution in [1.29, 1.82) is 5.26 Å². The van der Waals surface area contributed by atoms with Gasteiger partial charge in [0.1, 0.15) is 0 Å². The molecule has 2 nitrogen and oxygen atoms in total. The Bertz CT molecular complexity index is 896. The molecule has 1 rings (SSSR count). The van der Waals surface area contributed by atoms with Crippen LogP contribution in [0.2, 0.25) is 0 Å². The summed E-state index contributed by atoms with van der Waals surface area (Å²) < 4.78 is 0. The molecule has 0 spiro atoms. The molecular formula is C30H44N2. The highest BCUT2D eigenvalue weighted by Gasteiger charge is 2.18. The first-order valence-electron chi connectivity index (χ1n) is 12.2. The van der Waals surface area contributed by atoms with Crippen LogP contribution in [0.3, 0.4) is 0 Å². The van der Waals surface area contributed by atoms with Gasteiger partial charge in [0.2, 0.25) is 0 Å². The van der Waals surface area contributed by atoms with Gasteiger partial charge in [0.15, 0.2) is 0 Å². The molecule has 0 radical (unpaired) electrons. The number of nitrogens with zero attached hydrogens (tertiary/aromatic N) is 1. The maximum Gasteiger partial charge on any atom is 0.0946 e. The maximum atomic E-state index is 9.36. The van der Waals surface area contributed by atoms with E-state index in [-0.39, 0.29) is 5.92 Å². The number of hydrogen-bond donors (Lipinski definition) is 1. The van der Waals surface area contributed by atoms with E-state index in [1.165, 1.54) is 41.5 Å². The molecule has 2 heteroatoms. The maximum absolute atomic E-state index is 9.36. The van der Waals surface area contributed by atoms with Crippen molar-refractivity contribution in [2.75, 3.05) is 0 Å². The van der Waals surface area contributed by atoms with E-state index in [1.807, 2.05) is 13.8 Å². The molecule has 1 aromatic rings. The van der Waals surface area contributed by atoms with Gasteiger partial charge in [0, 0.05) is 16.8 Å². The van der Waals surface area contributed by atoms with E-state index >= 15 is 0 Å². The molecule has 1 unspecified atom stereocenters. The summed E-state index contributed by atoms with van der Waals surface area (Å²) in [4.78, 5) is 0. The van der Waals surface area contributed by atoms with E-state index in [1.54, 1.807) is 0 Å². The summed E-state index contributed by atoms with van der Waals surface area (Å²) in [6.07, 6.45) is 9.79. The Morgan fingerprint density at radius 2 is 1.69 bits per heavy atom. The number of benzene rings is 1. The third-order valence-corrected chi connectivity index (χ3v) is 6.53. The summed E-state index contributed by atoms with van der Waals surface area (Å²) in [5.74, 6) is 0.254. The van der Waals surface area contributed by atoms with E-state index in [0.29, 0.717) is 0 Å². The van der Waals surface area contributed by atoms with Crippen molar-refractivity contribution in [2.45, 2.75) is 93.4 Å². The van der Waals surface area contributed by atoms with Crippen molar-refractivity contribution in [1.82, 2.24) is 0 Å². The zero-order valence-corrected chi connectivity index (χ0v) is 21.6. The van der Waals surface area contributed by atoms with Crippen LogP contribution in [-0.4, -0.2) is 0 Å². The van der Waals surface area contributed by atoms with Crippen LogP contribution < -0.4 is 5.73 Å². The second-order valence-corrected chi connectivity index (χ2v) is 9.03. The number of rotatable bonds is 12. The fourth-order valence-corrected chi connectivity index (χ4v) is 4.21. The molecular weight excluding hydrogens is 388 g/mol. The molecule has 1 aromatic carbocycles. The quantitative estimate of drug-likeness (QED) is 0.156. The first-order valence-corrected chi connectivity index (χ1v) is 12.2. The van der Waals surface area contributed by atoms with Crippen molar-refractivity contribution < 1.29 is 0 Å². The van der Waals surface area contributed by atoms with Crippen molar-refractivity contribution in [3.05, 3.63) is 75.4 Å². The van der Waals surface area contributed by atoms with Crippen LogP contribution in [0.25, 0.3) is 5.70 Å². The molecule has 0 heterocycles. The third kappa shape index (κ3) is 7.56. The number of aryl methyl sites for hydroxylation is 2. The van der Waals surface area contributed by atoms with Crippen LogP contribution in [0, 0.1) is 17.2 Å². The van der Waals surface area contributed by atoms with Gasteiger partial charge < -0.3 is 5.73 Å². The predicted octanol–water partition coefficient (Wildman–Crippen LogP) is 8.45. The molecule has 0 aliphatic heterocycles. The number of nitriles is 1. The zero-order valence-electron chi connectivity index (χ0n) is 21.6. The summed E-state index contributed by atoms with van der Waals surface area (Å²) >= 11 is 0. The van der Waals surface area contributed by atoms with Crippen molar-refractivity contribution in [3.63, 3.8) is 0 Å². The van der Waals surface area contributed by atoms with Gasteiger partial charge in [-0.25, -0.2) is 0 Å². The van der Waals surface area contributed by atoms with Gasteiger partial charge in [-0.15, -0.1) is 0 Å². The van der Waals surface area contributed by atoms with Crippen molar-refractivity contribution >= 4 is 5.70 Å². The van der Waals surface area contributed by atoms with E-state index in [2.05, 4.69) is 71.5 Å². The zero-order chi connectivity index (χ0) is 24.3. The average Bonchev–Trinajstić information content (AvgIpc) is 2.80.